The number of hydrogen-bond donors (Lipinski definition) is 2. The molecule has 2 aromatic rings. The fraction of sp³-hybridized carbons (Fsp3) is 0.500. The Morgan fingerprint density at radius 1 is 1.35 bits per heavy atom. The molecule has 0 saturated heterocycles. The topological polar surface area (TPSA) is 62.5 Å². The van der Waals surface area contributed by atoms with E-state index in [0.29, 0.717) is 18.4 Å². The maximum absolute atomic E-state index is 5.31. The zero-order valence-electron chi connectivity index (χ0n) is 14.0. The zero-order chi connectivity index (χ0) is 15.9. The van der Waals surface area contributed by atoms with E-state index >= 15 is 0 Å². The molecule has 7 heteroatoms. The second kappa shape index (κ2) is 9.92. The largest absolute Gasteiger partial charge is 0.359 e. The van der Waals surface area contributed by atoms with Crippen LogP contribution >= 0.6 is 35.3 Å². The predicted octanol–water partition coefficient (Wildman–Crippen LogP) is 3.95. The number of aromatic nitrogens is 1. The summed E-state index contributed by atoms with van der Waals surface area (Å²) >= 11 is 1.73. The number of hydrogen-bond acceptors (Lipinski definition) is 4. The molecule has 0 aromatic carbocycles. The molecule has 5 nitrogen and oxygen atoms in total. The van der Waals surface area contributed by atoms with Crippen molar-refractivity contribution in [2.24, 2.45) is 4.99 Å². The van der Waals surface area contributed by atoms with Gasteiger partial charge in [0, 0.05) is 19.7 Å². The molecule has 0 fully saturated rings. The highest BCUT2D eigenvalue weighted by atomic mass is 127. The van der Waals surface area contributed by atoms with Crippen molar-refractivity contribution in [3.8, 4) is 0 Å². The maximum atomic E-state index is 5.31. The summed E-state index contributed by atoms with van der Waals surface area (Å²) in [6.45, 7) is 7.81. The monoisotopic (exact) mass is 448 g/mol. The van der Waals surface area contributed by atoms with Crippen molar-refractivity contribution in [3.63, 3.8) is 0 Å². The summed E-state index contributed by atoms with van der Waals surface area (Å²) in [5.74, 6) is 2.41. The van der Waals surface area contributed by atoms with Crippen LogP contribution < -0.4 is 10.6 Å². The van der Waals surface area contributed by atoms with E-state index in [1.165, 1.54) is 5.56 Å². The Hall–Kier alpha value is -1.09. The molecule has 0 aliphatic rings. The van der Waals surface area contributed by atoms with Crippen molar-refractivity contribution in [2.75, 3.05) is 13.6 Å². The second-order valence-corrected chi connectivity index (χ2v) is 6.42. The number of thiophene rings is 1. The number of rotatable bonds is 6. The van der Waals surface area contributed by atoms with Gasteiger partial charge < -0.3 is 15.2 Å². The maximum Gasteiger partial charge on any atom is 0.191 e. The lowest BCUT2D eigenvalue weighted by molar-refractivity contribution is 0.372. The van der Waals surface area contributed by atoms with Gasteiger partial charge in [0.1, 0.15) is 0 Å². The highest BCUT2D eigenvalue weighted by Crippen LogP contribution is 2.17. The van der Waals surface area contributed by atoms with Crippen molar-refractivity contribution in [2.45, 2.75) is 39.2 Å². The summed E-state index contributed by atoms with van der Waals surface area (Å²) in [7, 11) is 1.77. The summed E-state index contributed by atoms with van der Waals surface area (Å²) in [4.78, 5) is 4.23. The van der Waals surface area contributed by atoms with Gasteiger partial charge in [-0.15, -0.1) is 24.0 Å². The van der Waals surface area contributed by atoms with Gasteiger partial charge in [-0.2, -0.15) is 11.3 Å². The Kier molecular flexibility index (Phi) is 8.60. The Morgan fingerprint density at radius 2 is 2.13 bits per heavy atom. The van der Waals surface area contributed by atoms with Crippen LogP contribution in [-0.2, 0) is 6.54 Å². The van der Waals surface area contributed by atoms with E-state index in [9.17, 15) is 0 Å². The molecular weight excluding hydrogens is 423 g/mol. The lowest BCUT2D eigenvalue weighted by Gasteiger charge is -2.14. The van der Waals surface area contributed by atoms with Crippen molar-refractivity contribution >= 4 is 41.3 Å². The highest BCUT2D eigenvalue weighted by molar-refractivity contribution is 14.0. The van der Waals surface area contributed by atoms with Gasteiger partial charge in [-0.3, -0.25) is 4.99 Å². The van der Waals surface area contributed by atoms with Gasteiger partial charge >= 0.3 is 0 Å². The van der Waals surface area contributed by atoms with Crippen LogP contribution in [0.5, 0.6) is 0 Å². The average molecular weight is 448 g/mol. The normalized spacial score (nSPS) is 12.8. The first-order chi connectivity index (χ1) is 10.6. The smallest absolute Gasteiger partial charge is 0.191 e. The van der Waals surface area contributed by atoms with E-state index in [1.807, 2.05) is 6.07 Å². The minimum Gasteiger partial charge on any atom is -0.359 e. The lowest BCUT2D eigenvalue weighted by atomic mass is 10.1. The van der Waals surface area contributed by atoms with Crippen LogP contribution in [0, 0.1) is 0 Å². The van der Waals surface area contributed by atoms with Crippen LogP contribution in [0.2, 0.25) is 0 Å². The average Bonchev–Trinajstić information content (AvgIpc) is 3.18. The van der Waals surface area contributed by atoms with Crippen molar-refractivity contribution in [1.82, 2.24) is 15.8 Å². The van der Waals surface area contributed by atoms with Gasteiger partial charge in [0.05, 0.1) is 12.2 Å². The third-order valence-corrected chi connectivity index (χ3v) is 4.21. The lowest BCUT2D eigenvalue weighted by Crippen LogP contribution is -2.38. The zero-order valence-corrected chi connectivity index (χ0v) is 17.1. The second-order valence-electron chi connectivity index (χ2n) is 5.64. The molecule has 0 amide bonds. The molecule has 0 spiro atoms. The van der Waals surface area contributed by atoms with Crippen LogP contribution in [-0.4, -0.2) is 24.7 Å². The summed E-state index contributed by atoms with van der Waals surface area (Å²) in [5, 5.41) is 14.9. The summed E-state index contributed by atoms with van der Waals surface area (Å²) in [6, 6.07) is 4.15. The SMILES string of the molecule is CN=C(NCc1cc(C(C)C)no1)NCC(C)c1ccsc1.I. The Balaban J connectivity index is 0.00000264. The van der Waals surface area contributed by atoms with Gasteiger partial charge in [0.2, 0.25) is 0 Å². The minimum atomic E-state index is 0. The molecule has 128 valence electrons. The third-order valence-electron chi connectivity index (χ3n) is 3.51. The van der Waals surface area contributed by atoms with Gasteiger partial charge in [-0.25, -0.2) is 0 Å². The molecule has 0 radical (unpaired) electrons. The van der Waals surface area contributed by atoms with Gasteiger partial charge in [0.25, 0.3) is 0 Å². The number of nitrogens with one attached hydrogen (secondary N) is 2. The first-order valence-electron chi connectivity index (χ1n) is 7.52. The fourth-order valence-corrected chi connectivity index (χ4v) is 2.78. The van der Waals surface area contributed by atoms with E-state index in [1.54, 1.807) is 18.4 Å². The highest BCUT2D eigenvalue weighted by Gasteiger charge is 2.09. The number of halogens is 1. The van der Waals surface area contributed by atoms with E-state index < -0.39 is 0 Å². The molecular formula is C16H25IN4OS. The predicted molar refractivity (Wildman–Crippen MR) is 107 cm³/mol. The Bertz CT molecular complexity index is 595. The van der Waals surface area contributed by atoms with Crippen molar-refractivity contribution in [1.29, 1.82) is 0 Å². The molecule has 23 heavy (non-hydrogen) atoms. The van der Waals surface area contributed by atoms with E-state index in [0.717, 1.165) is 24.0 Å². The molecule has 1 unspecified atom stereocenters. The molecule has 0 saturated carbocycles. The van der Waals surface area contributed by atoms with Gasteiger partial charge in [0.15, 0.2) is 11.7 Å². The molecule has 2 rings (SSSR count). The Labute approximate surface area is 159 Å². The molecule has 0 aliphatic heterocycles. The van der Waals surface area contributed by atoms with Crippen LogP contribution in [0.3, 0.4) is 0 Å². The molecule has 1 atom stereocenters. The van der Waals surface area contributed by atoms with E-state index in [2.05, 4.69) is 58.4 Å². The third kappa shape index (κ3) is 6.14. The number of guanidine groups is 1. The van der Waals surface area contributed by atoms with Crippen LogP contribution in [0.25, 0.3) is 0 Å². The molecule has 2 N–H and O–H groups in total. The summed E-state index contributed by atoms with van der Waals surface area (Å²) in [6.07, 6.45) is 0. The standard InChI is InChI=1S/C16H24N4OS.HI/c1-11(2)15-7-14(21-20-15)9-19-16(17-4)18-8-12(3)13-5-6-22-10-13;/h5-7,10-12H,8-9H2,1-4H3,(H2,17,18,19);1H. The Morgan fingerprint density at radius 3 is 2.70 bits per heavy atom. The fourth-order valence-electron chi connectivity index (χ4n) is 2.00. The number of nitrogens with zero attached hydrogens (tertiary/aromatic N) is 2. The van der Waals surface area contributed by atoms with Crippen LogP contribution in [0.4, 0.5) is 0 Å². The quantitative estimate of drug-likeness (QED) is 0.399. The van der Waals surface area contributed by atoms with Crippen LogP contribution in [0.1, 0.15) is 49.6 Å². The van der Waals surface area contributed by atoms with E-state index in [4.69, 9.17) is 4.52 Å². The molecule has 0 bridgehead atoms. The molecule has 2 heterocycles. The minimum absolute atomic E-state index is 0. The van der Waals surface area contributed by atoms with E-state index in [-0.39, 0.29) is 24.0 Å². The summed E-state index contributed by atoms with van der Waals surface area (Å²) < 4.78 is 5.31. The number of aliphatic imine (C=N–C) groups is 1. The molecule has 0 aliphatic carbocycles. The van der Waals surface area contributed by atoms with Gasteiger partial charge in [-0.1, -0.05) is 25.9 Å². The van der Waals surface area contributed by atoms with Crippen molar-refractivity contribution < 1.29 is 4.52 Å². The van der Waals surface area contributed by atoms with Crippen molar-refractivity contribution in [3.05, 3.63) is 39.9 Å². The van der Waals surface area contributed by atoms with Gasteiger partial charge in [-0.05, 0) is 34.2 Å². The summed E-state index contributed by atoms with van der Waals surface area (Å²) in [5.41, 5.74) is 2.33. The first-order valence-corrected chi connectivity index (χ1v) is 8.46. The molecule has 2 aromatic heterocycles. The first kappa shape index (κ1) is 20.0. The van der Waals surface area contributed by atoms with Crippen LogP contribution in [0.15, 0.2) is 32.4 Å².